The zero-order valence-electron chi connectivity index (χ0n) is 17.1. The molecule has 11 heteroatoms. The Labute approximate surface area is 187 Å². The molecule has 3 heterocycles. The third kappa shape index (κ3) is 5.37. The molecule has 0 spiro atoms. The lowest BCUT2D eigenvalue weighted by molar-refractivity contribution is -0.121. The molecule has 1 unspecified atom stereocenters. The predicted molar refractivity (Wildman–Crippen MR) is 114 cm³/mol. The molecule has 0 aliphatic carbocycles. The van der Waals surface area contributed by atoms with Gasteiger partial charge in [-0.15, -0.1) is 11.3 Å². The van der Waals surface area contributed by atoms with Gasteiger partial charge in [0.1, 0.15) is 24.2 Å². The molecule has 4 rings (SSSR count). The number of hydrogen-bond donors (Lipinski definition) is 3. The lowest BCUT2D eigenvalue weighted by Crippen LogP contribution is -2.36. The van der Waals surface area contributed by atoms with Crippen molar-refractivity contribution in [1.29, 1.82) is 0 Å². The third-order valence-electron chi connectivity index (χ3n) is 4.54. The quantitative estimate of drug-likeness (QED) is 0.443. The molecule has 0 bridgehead atoms. The van der Waals surface area contributed by atoms with Gasteiger partial charge in [0.15, 0.2) is 16.6 Å². The van der Waals surface area contributed by atoms with Crippen LogP contribution < -0.4 is 24.8 Å². The molecule has 32 heavy (non-hydrogen) atoms. The average Bonchev–Trinajstić information content (AvgIpc) is 3.51. The van der Waals surface area contributed by atoms with E-state index in [0.29, 0.717) is 39.4 Å². The number of carbonyl (C=O) groups excluding carboxylic acids is 2. The van der Waals surface area contributed by atoms with Gasteiger partial charge in [0.25, 0.3) is 5.91 Å². The maximum absolute atomic E-state index is 12.2. The van der Waals surface area contributed by atoms with Crippen LogP contribution in [0.4, 0.5) is 5.13 Å². The highest BCUT2D eigenvalue weighted by Gasteiger charge is 2.16. The van der Waals surface area contributed by atoms with Gasteiger partial charge in [-0.2, -0.15) is 0 Å². The Bertz CT molecular complexity index is 1110. The van der Waals surface area contributed by atoms with Crippen molar-refractivity contribution < 1.29 is 33.3 Å². The van der Waals surface area contributed by atoms with Crippen LogP contribution in [0.5, 0.6) is 17.2 Å². The Morgan fingerprint density at radius 2 is 2.12 bits per heavy atom. The van der Waals surface area contributed by atoms with E-state index >= 15 is 0 Å². The molecular formula is C21H21N3O7S. The average molecular weight is 459 g/mol. The lowest BCUT2D eigenvalue weighted by Gasteiger charge is -2.13. The molecule has 1 aliphatic heterocycles. The SMILES string of the molecule is Cc1occc1C(=O)Nc1nc(CC(=O)NCC(O)COc2ccc3c(c2)OCO3)cs1. The molecule has 2 amide bonds. The number of aliphatic hydroxyl groups is 1. The van der Waals surface area contributed by atoms with E-state index in [1.165, 1.54) is 17.6 Å². The first-order chi connectivity index (χ1) is 15.5. The molecule has 0 saturated carbocycles. The Hall–Kier alpha value is -3.57. The number of benzene rings is 1. The van der Waals surface area contributed by atoms with Crippen molar-refractivity contribution in [2.45, 2.75) is 19.4 Å². The van der Waals surface area contributed by atoms with Crippen molar-refractivity contribution in [1.82, 2.24) is 10.3 Å². The van der Waals surface area contributed by atoms with E-state index in [-0.39, 0.29) is 38.2 Å². The summed E-state index contributed by atoms with van der Waals surface area (Å²) in [4.78, 5) is 28.6. The minimum Gasteiger partial charge on any atom is -0.491 e. The molecule has 3 aromatic rings. The highest BCUT2D eigenvalue weighted by Crippen LogP contribution is 2.35. The van der Waals surface area contributed by atoms with E-state index in [4.69, 9.17) is 18.6 Å². The standard InChI is InChI=1S/C21H21N3O7S/c1-12-16(4-5-28-12)20(27)24-21-23-13(10-32-21)6-19(26)22-8-14(25)9-29-15-2-3-17-18(7-15)31-11-30-17/h2-5,7,10,14,25H,6,8-9,11H2,1H3,(H,22,26)(H,23,24,27). The number of rotatable bonds is 9. The fourth-order valence-corrected chi connectivity index (χ4v) is 3.61. The smallest absolute Gasteiger partial charge is 0.260 e. The fraction of sp³-hybridized carbons (Fsp3) is 0.286. The maximum atomic E-state index is 12.2. The number of fused-ring (bicyclic) bond motifs is 1. The molecule has 2 aromatic heterocycles. The monoisotopic (exact) mass is 459 g/mol. The molecule has 3 N–H and O–H groups in total. The minimum absolute atomic E-state index is 0.000231. The molecule has 1 aromatic carbocycles. The molecule has 0 saturated heterocycles. The van der Waals surface area contributed by atoms with Gasteiger partial charge in [-0.3, -0.25) is 14.9 Å². The van der Waals surface area contributed by atoms with E-state index in [0.717, 1.165) is 0 Å². The molecule has 0 fully saturated rings. The zero-order chi connectivity index (χ0) is 22.5. The second-order valence-electron chi connectivity index (χ2n) is 6.95. The number of furan rings is 1. The van der Waals surface area contributed by atoms with Gasteiger partial charge < -0.3 is 29.1 Å². The van der Waals surface area contributed by atoms with Crippen LogP contribution in [0.15, 0.2) is 40.3 Å². The Kier molecular flexibility index (Phi) is 6.57. The summed E-state index contributed by atoms with van der Waals surface area (Å²) in [5.41, 5.74) is 0.939. The number of carbonyl (C=O) groups is 2. The Morgan fingerprint density at radius 3 is 2.94 bits per heavy atom. The van der Waals surface area contributed by atoms with Gasteiger partial charge in [-0.05, 0) is 25.1 Å². The highest BCUT2D eigenvalue weighted by molar-refractivity contribution is 7.14. The summed E-state index contributed by atoms with van der Waals surface area (Å²) in [7, 11) is 0. The first-order valence-electron chi connectivity index (χ1n) is 9.75. The summed E-state index contributed by atoms with van der Waals surface area (Å²) in [6.45, 7) is 1.89. The summed E-state index contributed by atoms with van der Waals surface area (Å²) >= 11 is 1.22. The molecular weight excluding hydrogens is 438 g/mol. The number of nitrogens with one attached hydrogen (secondary N) is 2. The van der Waals surface area contributed by atoms with E-state index in [1.54, 1.807) is 36.6 Å². The first-order valence-corrected chi connectivity index (χ1v) is 10.6. The number of amides is 2. The second kappa shape index (κ2) is 9.71. The van der Waals surface area contributed by atoms with Crippen LogP contribution in [0.3, 0.4) is 0 Å². The van der Waals surface area contributed by atoms with Gasteiger partial charge in [-0.1, -0.05) is 0 Å². The number of aryl methyl sites for hydroxylation is 1. The Morgan fingerprint density at radius 1 is 1.28 bits per heavy atom. The molecule has 10 nitrogen and oxygen atoms in total. The van der Waals surface area contributed by atoms with E-state index in [1.807, 2.05) is 0 Å². The first kappa shape index (κ1) is 21.7. The van der Waals surface area contributed by atoms with Crippen LogP contribution in [0, 0.1) is 6.92 Å². The number of aromatic nitrogens is 1. The van der Waals surface area contributed by atoms with Crippen LogP contribution in [0.2, 0.25) is 0 Å². The second-order valence-corrected chi connectivity index (χ2v) is 7.81. The van der Waals surface area contributed by atoms with Gasteiger partial charge in [-0.25, -0.2) is 4.98 Å². The molecule has 1 atom stereocenters. The fourth-order valence-electron chi connectivity index (χ4n) is 2.91. The largest absolute Gasteiger partial charge is 0.491 e. The number of aliphatic hydroxyl groups excluding tert-OH is 1. The van der Waals surface area contributed by atoms with Gasteiger partial charge >= 0.3 is 0 Å². The topological polar surface area (TPSA) is 132 Å². The third-order valence-corrected chi connectivity index (χ3v) is 5.35. The maximum Gasteiger partial charge on any atom is 0.260 e. The van der Waals surface area contributed by atoms with Gasteiger partial charge in [0.2, 0.25) is 12.7 Å². The minimum atomic E-state index is -0.896. The normalized spacial score (nSPS) is 12.9. The van der Waals surface area contributed by atoms with Crippen molar-refractivity contribution in [3.8, 4) is 17.2 Å². The van der Waals surface area contributed by atoms with E-state index in [2.05, 4.69) is 15.6 Å². The number of nitrogens with zero attached hydrogens (tertiary/aromatic N) is 1. The van der Waals surface area contributed by atoms with E-state index < -0.39 is 6.10 Å². The van der Waals surface area contributed by atoms with Crippen LogP contribution in [-0.2, 0) is 11.2 Å². The summed E-state index contributed by atoms with van der Waals surface area (Å²) in [6, 6.07) is 6.70. The van der Waals surface area contributed by atoms with Crippen molar-refractivity contribution in [3.05, 3.63) is 52.9 Å². The Balaban J connectivity index is 1.18. The lowest BCUT2D eigenvalue weighted by atomic mass is 10.2. The number of anilines is 1. The number of thiazole rings is 1. The van der Waals surface area contributed by atoms with Crippen LogP contribution in [0.25, 0.3) is 0 Å². The summed E-state index contributed by atoms with van der Waals surface area (Å²) < 4.78 is 21.2. The van der Waals surface area contributed by atoms with Crippen LogP contribution in [0.1, 0.15) is 21.8 Å². The predicted octanol–water partition coefficient (Wildman–Crippen LogP) is 2.12. The van der Waals surface area contributed by atoms with Crippen molar-refractivity contribution >= 4 is 28.3 Å². The van der Waals surface area contributed by atoms with Crippen LogP contribution in [-0.4, -0.2) is 48.0 Å². The highest BCUT2D eigenvalue weighted by atomic mass is 32.1. The number of ether oxygens (including phenoxy) is 3. The van der Waals surface area contributed by atoms with Gasteiger partial charge in [0, 0.05) is 18.0 Å². The van der Waals surface area contributed by atoms with Gasteiger partial charge in [0.05, 0.1) is 23.9 Å². The van der Waals surface area contributed by atoms with Crippen molar-refractivity contribution in [2.75, 3.05) is 25.3 Å². The molecule has 1 aliphatic rings. The van der Waals surface area contributed by atoms with E-state index in [9.17, 15) is 14.7 Å². The number of hydrogen-bond acceptors (Lipinski definition) is 9. The molecule has 168 valence electrons. The van der Waals surface area contributed by atoms with Crippen LogP contribution >= 0.6 is 11.3 Å². The van der Waals surface area contributed by atoms with Crippen molar-refractivity contribution in [3.63, 3.8) is 0 Å². The molecule has 0 radical (unpaired) electrons. The zero-order valence-corrected chi connectivity index (χ0v) is 17.9. The van der Waals surface area contributed by atoms with Crippen molar-refractivity contribution in [2.24, 2.45) is 0 Å². The summed E-state index contributed by atoms with van der Waals surface area (Å²) in [6.07, 6.45) is 0.566. The summed E-state index contributed by atoms with van der Waals surface area (Å²) in [5, 5.41) is 17.5. The summed E-state index contributed by atoms with van der Waals surface area (Å²) in [5.74, 6) is 1.64.